The zero-order valence-electron chi connectivity index (χ0n) is 8.87. The van der Waals surface area contributed by atoms with E-state index in [1.807, 2.05) is 18.2 Å². The lowest BCUT2D eigenvalue weighted by Gasteiger charge is -2.13. The van der Waals surface area contributed by atoms with Crippen molar-refractivity contribution < 1.29 is 5.11 Å². The molecule has 1 unspecified atom stereocenters. The molecule has 2 rings (SSSR count). The Balaban J connectivity index is 2.04. The van der Waals surface area contributed by atoms with Crippen LogP contribution in [0, 0.1) is 0 Å². The van der Waals surface area contributed by atoms with Gasteiger partial charge in [-0.1, -0.05) is 12.1 Å². The molecule has 0 bridgehead atoms. The molecular weight excluding hydrogens is 186 g/mol. The monoisotopic (exact) mass is 203 g/mol. The molecule has 2 N–H and O–H groups in total. The predicted molar refractivity (Wildman–Crippen MR) is 62.0 cm³/mol. The van der Waals surface area contributed by atoms with Crippen LogP contribution in [0.15, 0.2) is 30.9 Å². The van der Waals surface area contributed by atoms with E-state index in [-0.39, 0.29) is 0 Å². The van der Waals surface area contributed by atoms with E-state index in [0.29, 0.717) is 11.8 Å². The lowest BCUT2D eigenvalue weighted by Crippen LogP contribution is -2.19. The molecule has 0 aliphatic heterocycles. The van der Waals surface area contributed by atoms with Gasteiger partial charge in [0, 0.05) is 6.04 Å². The molecule has 0 saturated carbocycles. The standard InChI is InChI=1S/C13H17NO/c1-2-3-8-14-13-7-4-10-9-11(15)5-6-12(10)13/h2,5-6,9,13-15H,1,3-4,7-8H2. The van der Waals surface area contributed by atoms with Crippen molar-refractivity contribution in [1.82, 2.24) is 5.32 Å². The van der Waals surface area contributed by atoms with Crippen molar-refractivity contribution in [3.8, 4) is 5.75 Å². The van der Waals surface area contributed by atoms with Crippen LogP contribution in [-0.2, 0) is 6.42 Å². The van der Waals surface area contributed by atoms with Gasteiger partial charge in [0.05, 0.1) is 0 Å². The van der Waals surface area contributed by atoms with E-state index < -0.39 is 0 Å². The first-order chi connectivity index (χ1) is 7.31. The average Bonchev–Trinajstić information content (AvgIpc) is 2.61. The van der Waals surface area contributed by atoms with Gasteiger partial charge < -0.3 is 10.4 Å². The van der Waals surface area contributed by atoms with E-state index in [4.69, 9.17) is 0 Å². The number of benzene rings is 1. The summed E-state index contributed by atoms with van der Waals surface area (Å²) >= 11 is 0. The number of aryl methyl sites for hydroxylation is 1. The topological polar surface area (TPSA) is 32.3 Å². The average molecular weight is 203 g/mol. The van der Waals surface area contributed by atoms with Gasteiger partial charge in [0.2, 0.25) is 0 Å². The molecule has 2 nitrogen and oxygen atoms in total. The molecule has 0 radical (unpaired) electrons. The highest BCUT2D eigenvalue weighted by molar-refractivity contribution is 5.39. The SMILES string of the molecule is C=CCCNC1CCc2cc(O)ccc21. The Morgan fingerprint density at radius 1 is 1.53 bits per heavy atom. The zero-order chi connectivity index (χ0) is 10.7. The summed E-state index contributed by atoms with van der Waals surface area (Å²) in [6, 6.07) is 6.14. The van der Waals surface area contributed by atoms with Crippen molar-refractivity contribution in [1.29, 1.82) is 0 Å². The molecule has 0 heterocycles. The Morgan fingerprint density at radius 2 is 2.40 bits per heavy atom. The van der Waals surface area contributed by atoms with Crippen LogP contribution < -0.4 is 5.32 Å². The molecule has 1 aromatic carbocycles. The molecule has 80 valence electrons. The Bertz CT molecular complexity index is 360. The van der Waals surface area contributed by atoms with Crippen molar-refractivity contribution >= 4 is 0 Å². The third-order valence-electron chi connectivity index (χ3n) is 2.94. The van der Waals surface area contributed by atoms with E-state index >= 15 is 0 Å². The van der Waals surface area contributed by atoms with Gasteiger partial charge in [-0.15, -0.1) is 6.58 Å². The normalized spacial score (nSPS) is 18.8. The van der Waals surface area contributed by atoms with Crippen molar-refractivity contribution in [3.63, 3.8) is 0 Å². The first-order valence-corrected chi connectivity index (χ1v) is 5.47. The molecule has 1 aromatic rings. The van der Waals surface area contributed by atoms with Gasteiger partial charge in [0.25, 0.3) is 0 Å². The number of hydrogen-bond acceptors (Lipinski definition) is 2. The van der Waals surface area contributed by atoms with Crippen molar-refractivity contribution in [2.75, 3.05) is 6.54 Å². The van der Waals surface area contributed by atoms with Crippen LogP contribution in [0.25, 0.3) is 0 Å². The maximum Gasteiger partial charge on any atom is 0.115 e. The Labute approximate surface area is 90.6 Å². The zero-order valence-corrected chi connectivity index (χ0v) is 8.87. The third-order valence-corrected chi connectivity index (χ3v) is 2.94. The van der Waals surface area contributed by atoms with Crippen LogP contribution in [0.5, 0.6) is 5.75 Å². The first kappa shape index (κ1) is 10.2. The summed E-state index contributed by atoms with van der Waals surface area (Å²) < 4.78 is 0. The highest BCUT2D eigenvalue weighted by Gasteiger charge is 2.21. The second-order valence-corrected chi connectivity index (χ2v) is 4.01. The highest BCUT2D eigenvalue weighted by atomic mass is 16.3. The first-order valence-electron chi connectivity index (χ1n) is 5.47. The van der Waals surface area contributed by atoms with Gasteiger partial charge in [-0.3, -0.25) is 0 Å². The van der Waals surface area contributed by atoms with Gasteiger partial charge in [-0.2, -0.15) is 0 Å². The maximum absolute atomic E-state index is 9.36. The Kier molecular flexibility index (Phi) is 3.07. The summed E-state index contributed by atoms with van der Waals surface area (Å²) in [6.07, 6.45) is 5.13. The minimum absolute atomic E-state index is 0.375. The van der Waals surface area contributed by atoms with Crippen LogP contribution >= 0.6 is 0 Å². The summed E-state index contributed by atoms with van der Waals surface area (Å²) in [5.74, 6) is 0.375. The number of nitrogens with one attached hydrogen (secondary N) is 1. The molecule has 1 atom stereocenters. The molecule has 0 saturated heterocycles. The molecule has 0 fully saturated rings. The second kappa shape index (κ2) is 4.49. The fourth-order valence-corrected chi connectivity index (χ4v) is 2.18. The molecule has 1 aliphatic rings. The second-order valence-electron chi connectivity index (χ2n) is 4.01. The van der Waals surface area contributed by atoms with E-state index in [9.17, 15) is 5.11 Å². The lowest BCUT2D eigenvalue weighted by molar-refractivity contribution is 0.474. The molecule has 0 amide bonds. The van der Waals surface area contributed by atoms with Gasteiger partial charge >= 0.3 is 0 Å². The van der Waals surface area contributed by atoms with E-state index in [0.717, 1.165) is 25.8 Å². The predicted octanol–water partition coefficient (Wildman–Crippen LogP) is 2.55. The number of hydrogen-bond donors (Lipinski definition) is 2. The largest absolute Gasteiger partial charge is 0.508 e. The van der Waals surface area contributed by atoms with Gasteiger partial charge in [-0.25, -0.2) is 0 Å². The Hall–Kier alpha value is -1.28. The van der Waals surface area contributed by atoms with Gasteiger partial charge in [-0.05, 0) is 49.1 Å². The molecule has 0 spiro atoms. The van der Waals surface area contributed by atoms with E-state index in [2.05, 4.69) is 11.9 Å². The van der Waals surface area contributed by atoms with Crippen LogP contribution in [0.4, 0.5) is 0 Å². The lowest BCUT2D eigenvalue weighted by atomic mass is 10.1. The minimum atomic E-state index is 0.375. The van der Waals surface area contributed by atoms with Gasteiger partial charge in [0.15, 0.2) is 0 Å². The number of phenolic OH excluding ortho intramolecular Hbond substituents is 1. The number of fused-ring (bicyclic) bond motifs is 1. The summed E-state index contributed by atoms with van der Waals surface area (Å²) in [5.41, 5.74) is 2.63. The number of phenols is 1. The fraction of sp³-hybridized carbons (Fsp3) is 0.385. The van der Waals surface area contributed by atoms with Crippen molar-refractivity contribution in [2.24, 2.45) is 0 Å². The highest BCUT2D eigenvalue weighted by Crippen LogP contribution is 2.32. The Morgan fingerprint density at radius 3 is 3.20 bits per heavy atom. The number of rotatable bonds is 4. The third kappa shape index (κ3) is 2.21. The number of aromatic hydroxyl groups is 1. The van der Waals surface area contributed by atoms with Crippen molar-refractivity contribution in [3.05, 3.63) is 42.0 Å². The summed E-state index contributed by atoms with van der Waals surface area (Å²) in [5, 5.41) is 12.9. The molecule has 1 aliphatic carbocycles. The quantitative estimate of drug-likeness (QED) is 0.582. The molecule has 0 aromatic heterocycles. The van der Waals surface area contributed by atoms with Crippen LogP contribution in [0.2, 0.25) is 0 Å². The summed E-state index contributed by atoms with van der Waals surface area (Å²) in [6.45, 7) is 4.69. The smallest absolute Gasteiger partial charge is 0.115 e. The fourth-order valence-electron chi connectivity index (χ4n) is 2.18. The maximum atomic E-state index is 9.36. The van der Waals surface area contributed by atoms with Gasteiger partial charge in [0.1, 0.15) is 5.75 Å². The van der Waals surface area contributed by atoms with Crippen LogP contribution in [0.1, 0.15) is 30.0 Å². The molecular formula is C13H17NO. The van der Waals surface area contributed by atoms with E-state index in [1.165, 1.54) is 11.1 Å². The minimum Gasteiger partial charge on any atom is -0.508 e. The van der Waals surface area contributed by atoms with Crippen LogP contribution in [-0.4, -0.2) is 11.7 Å². The van der Waals surface area contributed by atoms with Crippen LogP contribution in [0.3, 0.4) is 0 Å². The summed E-state index contributed by atoms with van der Waals surface area (Å²) in [4.78, 5) is 0. The molecule has 15 heavy (non-hydrogen) atoms. The summed E-state index contributed by atoms with van der Waals surface area (Å²) in [7, 11) is 0. The van der Waals surface area contributed by atoms with E-state index in [1.54, 1.807) is 6.07 Å². The molecule has 2 heteroatoms. The van der Waals surface area contributed by atoms with Crippen molar-refractivity contribution in [2.45, 2.75) is 25.3 Å².